The molecule has 2 aromatic carbocycles. The minimum Gasteiger partial charge on any atom is -0.451 e. The van der Waals surface area contributed by atoms with Gasteiger partial charge in [-0.15, -0.1) is 0 Å². The molecule has 1 aromatic heterocycles. The quantitative estimate of drug-likeness (QED) is 0.508. The lowest BCUT2D eigenvalue weighted by Crippen LogP contribution is -2.15. The Balaban J connectivity index is 1.93. The third-order valence-corrected chi connectivity index (χ3v) is 3.62. The summed E-state index contributed by atoms with van der Waals surface area (Å²) in [5, 5.41) is 0. The minimum absolute atomic E-state index is 0.174. The van der Waals surface area contributed by atoms with E-state index in [9.17, 15) is 22.4 Å². The lowest BCUT2D eigenvalue weighted by molar-refractivity contribution is 0.0228. The second-order valence-corrected chi connectivity index (χ2v) is 5.28. The zero-order valence-corrected chi connectivity index (χ0v) is 12.9. The van der Waals surface area contributed by atoms with Gasteiger partial charge in [-0.05, 0) is 31.2 Å². The predicted octanol–water partition coefficient (Wildman–Crippen LogP) is 4.63. The van der Waals surface area contributed by atoms with Crippen molar-refractivity contribution in [3.8, 4) is 0 Å². The highest BCUT2D eigenvalue weighted by Gasteiger charge is 2.25. The highest BCUT2D eigenvalue weighted by Crippen LogP contribution is 2.28. The molecular weight excluding hydrogens is 340 g/mol. The Kier molecular flexibility index (Phi) is 4.43. The van der Waals surface area contributed by atoms with E-state index in [2.05, 4.69) is 4.98 Å². The molecule has 0 saturated heterocycles. The number of halogens is 4. The maximum Gasteiger partial charge on any atom is 0.341 e. The summed E-state index contributed by atoms with van der Waals surface area (Å²) in [5.74, 6) is -3.22. The average Bonchev–Trinajstić information content (AvgIpc) is 2.94. The zero-order chi connectivity index (χ0) is 18.1. The van der Waals surface area contributed by atoms with E-state index in [1.165, 1.54) is 13.0 Å². The van der Waals surface area contributed by atoms with Gasteiger partial charge in [0, 0.05) is 6.07 Å². The second-order valence-electron chi connectivity index (χ2n) is 5.28. The van der Waals surface area contributed by atoms with Crippen LogP contribution in [-0.2, 0) is 4.74 Å². The zero-order valence-electron chi connectivity index (χ0n) is 12.9. The fraction of sp³-hybridized carbons (Fsp3) is 0.176. The van der Waals surface area contributed by atoms with Gasteiger partial charge in [0.2, 0.25) is 0 Å². The van der Waals surface area contributed by atoms with Crippen LogP contribution >= 0.6 is 0 Å². The first-order valence-electron chi connectivity index (χ1n) is 7.29. The van der Waals surface area contributed by atoms with Crippen molar-refractivity contribution in [2.75, 3.05) is 0 Å². The molecule has 4 nitrogen and oxygen atoms in total. The Bertz CT molecular complexity index is 940. The summed E-state index contributed by atoms with van der Waals surface area (Å²) in [6, 6.07) is 8.60. The predicted molar refractivity (Wildman–Crippen MR) is 81.2 cm³/mol. The molecule has 3 aromatic rings. The van der Waals surface area contributed by atoms with Crippen molar-refractivity contribution in [3.63, 3.8) is 0 Å². The highest BCUT2D eigenvalue weighted by molar-refractivity contribution is 5.89. The first-order chi connectivity index (χ1) is 11.9. The van der Waals surface area contributed by atoms with Crippen LogP contribution in [0.25, 0.3) is 11.0 Å². The molecule has 0 N–H and O–H groups in total. The number of nitrogens with zero attached hydrogens (tertiary/aromatic N) is 2. The molecule has 3 rings (SSSR count). The topological polar surface area (TPSA) is 44.1 Å². The first-order valence-corrected chi connectivity index (χ1v) is 7.29. The van der Waals surface area contributed by atoms with E-state index < -0.39 is 35.8 Å². The van der Waals surface area contributed by atoms with Crippen LogP contribution < -0.4 is 0 Å². The summed E-state index contributed by atoms with van der Waals surface area (Å²) in [4.78, 5) is 16.1. The number of alkyl halides is 2. The smallest absolute Gasteiger partial charge is 0.341 e. The molecule has 0 fully saturated rings. The number of imidazole rings is 1. The number of esters is 1. The van der Waals surface area contributed by atoms with E-state index in [0.29, 0.717) is 16.2 Å². The van der Waals surface area contributed by atoms with Crippen LogP contribution in [0.2, 0.25) is 0 Å². The Hall–Kier alpha value is -2.90. The molecule has 1 heterocycles. The van der Waals surface area contributed by atoms with Crippen LogP contribution in [0.1, 0.15) is 35.8 Å². The summed E-state index contributed by atoms with van der Waals surface area (Å²) < 4.78 is 59.1. The van der Waals surface area contributed by atoms with Crippen molar-refractivity contribution in [2.24, 2.45) is 0 Å². The average molecular weight is 352 g/mol. The number of benzene rings is 2. The van der Waals surface area contributed by atoms with E-state index in [0.717, 1.165) is 12.1 Å². The Morgan fingerprint density at radius 3 is 2.56 bits per heavy atom. The summed E-state index contributed by atoms with van der Waals surface area (Å²) >= 11 is 0. The van der Waals surface area contributed by atoms with E-state index in [-0.39, 0.29) is 11.3 Å². The molecule has 130 valence electrons. The molecule has 1 atom stereocenters. The molecule has 0 aliphatic heterocycles. The van der Waals surface area contributed by atoms with E-state index >= 15 is 0 Å². The largest absolute Gasteiger partial charge is 0.451 e. The van der Waals surface area contributed by atoms with Crippen molar-refractivity contribution in [2.45, 2.75) is 19.6 Å². The lowest BCUT2D eigenvalue weighted by atomic mass is 10.2. The maximum atomic E-state index is 13.6. The molecule has 0 spiro atoms. The van der Waals surface area contributed by atoms with Gasteiger partial charge in [-0.1, -0.05) is 12.1 Å². The third-order valence-electron chi connectivity index (χ3n) is 3.62. The number of hydrogen-bond donors (Lipinski definition) is 0. The Labute approximate surface area is 139 Å². The number of carbonyl (C=O) groups is 1. The van der Waals surface area contributed by atoms with Gasteiger partial charge in [0.05, 0.1) is 16.6 Å². The van der Waals surface area contributed by atoms with Crippen LogP contribution in [0.15, 0.2) is 42.5 Å². The molecule has 8 heteroatoms. The third kappa shape index (κ3) is 3.19. The number of rotatable bonds is 4. The summed E-state index contributed by atoms with van der Waals surface area (Å²) in [6.45, 7) is -1.55. The van der Waals surface area contributed by atoms with E-state index in [1.807, 2.05) is 0 Å². The number of aromatic nitrogens is 2. The normalized spacial score (nSPS) is 12.6. The second kappa shape index (κ2) is 6.54. The van der Waals surface area contributed by atoms with Gasteiger partial charge >= 0.3 is 12.5 Å². The van der Waals surface area contributed by atoms with Crippen molar-refractivity contribution in [1.29, 1.82) is 0 Å². The van der Waals surface area contributed by atoms with Gasteiger partial charge in [0.1, 0.15) is 11.6 Å². The van der Waals surface area contributed by atoms with Crippen molar-refractivity contribution < 1.29 is 27.1 Å². The lowest BCUT2D eigenvalue weighted by Gasteiger charge is -2.15. The molecule has 1 unspecified atom stereocenters. The van der Waals surface area contributed by atoms with Crippen LogP contribution in [0.5, 0.6) is 0 Å². The molecule has 25 heavy (non-hydrogen) atoms. The van der Waals surface area contributed by atoms with E-state index in [1.54, 1.807) is 18.2 Å². The SMILES string of the molecule is CC(OC(=O)c1ccc(F)cc1F)c1nc2ccccc2n1C(F)F. The van der Waals surface area contributed by atoms with Crippen molar-refractivity contribution in [1.82, 2.24) is 9.55 Å². The van der Waals surface area contributed by atoms with Gasteiger partial charge in [-0.25, -0.2) is 18.6 Å². The molecule has 0 saturated carbocycles. The van der Waals surface area contributed by atoms with Gasteiger partial charge < -0.3 is 4.74 Å². The number of carbonyl (C=O) groups excluding carboxylic acids is 1. The molecule has 0 bridgehead atoms. The van der Waals surface area contributed by atoms with Crippen LogP contribution in [0.4, 0.5) is 17.6 Å². The maximum absolute atomic E-state index is 13.6. The molecule has 0 aliphatic carbocycles. The van der Waals surface area contributed by atoms with Crippen molar-refractivity contribution >= 4 is 17.0 Å². The summed E-state index contributed by atoms with van der Waals surface area (Å²) in [7, 11) is 0. The van der Waals surface area contributed by atoms with Crippen molar-refractivity contribution in [3.05, 3.63) is 65.5 Å². The number of para-hydroxylation sites is 2. The first kappa shape index (κ1) is 16.9. The van der Waals surface area contributed by atoms with Gasteiger partial charge in [-0.2, -0.15) is 8.78 Å². The molecule has 0 aliphatic rings. The summed E-state index contributed by atoms with van der Waals surface area (Å²) in [5.41, 5.74) is 0.00461. The molecular formula is C17H12F4N2O2. The van der Waals surface area contributed by atoms with Crippen LogP contribution in [-0.4, -0.2) is 15.5 Å². The Morgan fingerprint density at radius 1 is 1.16 bits per heavy atom. The number of fused-ring (bicyclic) bond motifs is 1. The number of ether oxygens (including phenoxy) is 1. The standard InChI is InChI=1S/C17H12F4N2O2/c1-9(25-16(24)11-7-6-10(18)8-12(11)19)15-22-13-4-2-3-5-14(13)23(15)17(20)21/h2-9,17H,1H3. The summed E-state index contributed by atoms with van der Waals surface area (Å²) in [6.07, 6.45) is -1.17. The van der Waals surface area contributed by atoms with Crippen LogP contribution in [0.3, 0.4) is 0 Å². The monoisotopic (exact) mass is 352 g/mol. The van der Waals surface area contributed by atoms with Crippen LogP contribution in [0, 0.1) is 11.6 Å². The Morgan fingerprint density at radius 2 is 1.88 bits per heavy atom. The minimum atomic E-state index is -2.90. The highest BCUT2D eigenvalue weighted by atomic mass is 19.3. The van der Waals surface area contributed by atoms with Gasteiger partial charge in [-0.3, -0.25) is 4.57 Å². The molecule has 0 radical (unpaired) electrons. The van der Waals surface area contributed by atoms with E-state index in [4.69, 9.17) is 4.74 Å². The molecule has 0 amide bonds. The number of hydrogen-bond acceptors (Lipinski definition) is 3. The van der Waals surface area contributed by atoms with Gasteiger partial charge in [0.15, 0.2) is 11.9 Å². The fourth-order valence-electron chi connectivity index (χ4n) is 2.49. The fourth-order valence-corrected chi connectivity index (χ4v) is 2.49. The van der Waals surface area contributed by atoms with Gasteiger partial charge in [0.25, 0.3) is 0 Å².